The van der Waals surface area contributed by atoms with Crippen LogP contribution in [0.2, 0.25) is 0 Å². The van der Waals surface area contributed by atoms with Crippen LogP contribution in [0.1, 0.15) is 47.4 Å². The van der Waals surface area contributed by atoms with Gasteiger partial charge in [-0.1, -0.05) is 25.9 Å². The van der Waals surface area contributed by atoms with Gasteiger partial charge >= 0.3 is 0 Å². The molecule has 0 saturated carbocycles. The minimum Gasteiger partial charge on any atom is -0.457 e. The molecule has 0 atom stereocenters. The first-order valence-corrected chi connectivity index (χ1v) is 8.59. The summed E-state index contributed by atoms with van der Waals surface area (Å²) in [6.45, 7) is 5.83. The molecule has 0 saturated heterocycles. The summed E-state index contributed by atoms with van der Waals surface area (Å²) < 4.78 is 10.8. The smallest absolute Gasteiger partial charge is 0.291 e. The van der Waals surface area contributed by atoms with E-state index < -0.39 is 11.8 Å². The number of nitrogens with one attached hydrogen (secondary N) is 2. The molecule has 144 valence electrons. The first-order valence-electron chi connectivity index (χ1n) is 8.59. The zero-order chi connectivity index (χ0) is 20.1. The van der Waals surface area contributed by atoms with Gasteiger partial charge in [0.25, 0.3) is 11.8 Å². The summed E-state index contributed by atoms with van der Waals surface area (Å²) in [5, 5.41) is 3.73. The normalized spacial score (nSPS) is 11.0. The maximum absolute atomic E-state index is 12.2. The number of carbonyl (C=O) groups is 2. The molecule has 0 aliphatic heterocycles. The van der Waals surface area contributed by atoms with Crippen molar-refractivity contribution in [2.45, 2.75) is 26.2 Å². The fourth-order valence-electron chi connectivity index (χ4n) is 2.20. The Morgan fingerprint density at radius 1 is 0.929 bits per heavy atom. The SMILES string of the molecule is CC(C)(C)c1cc(C(=O)NNC(=O)c2ccc(Oc3ccncc3)cc2)no1. The van der Waals surface area contributed by atoms with E-state index in [4.69, 9.17) is 9.26 Å². The molecule has 0 aliphatic rings. The summed E-state index contributed by atoms with van der Waals surface area (Å²) in [6.07, 6.45) is 3.25. The zero-order valence-corrected chi connectivity index (χ0v) is 15.7. The summed E-state index contributed by atoms with van der Waals surface area (Å²) in [4.78, 5) is 28.2. The van der Waals surface area contributed by atoms with Crippen molar-refractivity contribution in [3.05, 3.63) is 71.9 Å². The molecule has 0 unspecified atom stereocenters. The van der Waals surface area contributed by atoms with E-state index in [0.717, 1.165) is 0 Å². The molecule has 2 aromatic heterocycles. The standard InChI is InChI=1S/C20H20N4O4/c1-20(2,3)17-12-16(24-28-17)19(26)23-22-18(25)13-4-6-14(7-5-13)27-15-8-10-21-11-9-15/h4-12H,1-3H3,(H,22,25)(H,23,26). The highest BCUT2D eigenvalue weighted by Crippen LogP contribution is 2.22. The number of hydrazine groups is 1. The topological polar surface area (TPSA) is 106 Å². The molecule has 8 heteroatoms. The predicted octanol–water partition coefficient (Wildman–Crippen LogP) is 3.23. The molecule has 1 aromatic carbocycles. The Morgan fingerprint density at radius 3 is 2.14 bits per heavy atom. The van der Waals surface area contributed by atoms with Crippen LogP contribution in [0.4, 0.5) is 0 Å². The lowest BCUT2D eigenvalue weighted by molar-refractivity contribution is 0.0841. The third-order valence-electron chi connectivity index (χ3n) is 3.77. The van der Waals surface area contributed by atoms with E-state index in [1.165, 1.54) is 0 Å². The van der Waals surface area contributed by atoms with Crippen molar-refractivity contribution < 1.29 is 18.8 Å². The molecular formula is C20H20N4O4. The first kappa shape index (κ1) is 19.1. The Bertz CT molecular complexity index is 960. The number of carbonyl (C=O) groups excluding carboxylic acids is 2. The second-order valence-electron chi connectivity index (χ2n) is 7.04. The third kappa shape index (κ3) is 4.73. The van der Waals surface area contributed by atoms with Gasteiger partial charge in [0.1, 0.15) is 17.3 Å². The molecule has 0 fully saturated rings. The minimum atomic E-state index is -0.565. The van der Waals surface area contributed by atoms with Crippen LogP contribution in [-0.4, -0.2) is 22.0 Å². The largest absolute Gasteiger partial charge is 0.457 e. The van der Waals surface area contributed by atoms with E-state index in [9.17, 15) is 9.59 Å². The van der Waals surface area contributed by atoms with Crippen LogP contribution in [0.25, 0.3) is 0 Å². The second kappa shape index (κ2) is 7.91. The zero-order valence-electron chi connectivity index (χ0n) is 15.7. The van der Waals surface area contributed by atoms with E-state index >= 15 is 0 Å². The van der Waals surface area contributed by atoms with Gasteiger partial charge < -0.3 is 9.26 Å². The van der Waals surface area contributed by atoms with Crippen LogP contribution in [0, 0.1) is 0 Å². The Hall–Kier alpha value is -3.68. The predicted molar refractivity (Wildman–Crippen MR) is 101 cm³/mol. The van der Waals surface area contributed by atoms with Crippen LogP contribution >= 0.6 is 0 Å². The number of aromatic nitrogens is 2. The summed E-state index contributed by atoms with van der Waals surface area (Å²) in [5.74, 6) is 0.758. The molecular weight excluding hydrogens is 360 g/mol. The quantitative estimate of drug-likeness (QED) is 0.673. The number of amides is 2. The lowest BCUT2D eigenvalue weighted by Crippen LogP contribution is -2.41. The molecule has 3 rings (SSSR count). The van der Waals surface area contributed by atoms with Gasteiger partial charge in [-0.25, -0.2) is 0 Å². The van der Waals surface area contributed by atoms with Gasteiger partial charge in [0.15, 0.2) is 5.69 Å². The van der Waals surface area contributed by atoms with Crippen molar-refractivity contribution in [2.24, 2.45) is 0 Å². The van der Waals surface area contributed by atoms with Crippen LogP contribution in [0.15, 0.2) is 59.4 Å². The Labute approximate surface area is 161 Å². The van der Waals surface area contributed by atoms with Crippen LogP contribution in [0.3, 0.4) is 0 Å². The lowest BCUT2D eigenvalue weighted by atomic mass is 9.93. The van der Waals surface area contributed by atoms with Gasteiger partial charge in [-0.2, -0.15) is 0 Å². The highest BCUT2D eigenvalue weighted by atomic mass is 16.5. The maximum Gasteiger partial charge on any atom is 0.291 e. The van der Waals surface area contributed by atoms with Gasteiger partial charge in [-0.15, -0.1) is 0 Å². The van der Waals surface area contributed by atoms with Crippen molar-refractivity contribution in [2.75, 3.05) is 0 Å². The summed E-state index contributed by atoms with van der Waals surface area (Å²) >= 11 is 0. The lowest BCUT2D eigenvalue weighted by Gasteiger charge is -2.12. The number of hydrogen-bond acceptors (Lipinski definition) is 6. The molecule has 3 aromatic rings. The van der Waals surface area contributed by atoms with Crippen LogP contribution in [0.5, 0.6) is 11.5 Å². The van der Waals surface area contributed by atoms with Crippen molar-refractivity contribution >= 4 is 11.8 Å². The van der Waals surface area contributed by atoms with E-state index in [2.05, 4.69) is 21.0 Å². The number of rotatable bonds is 4. The summed E-state index contributed by atoms with van der Waals surface area (Å²) in [7, 11) is 0. The van der Waals surface area contributed by atoms with Crippen molar-refractivity contribution in [3.8, 4) is 11.5 Å². The van der Waals surface area contributed by atoms with E-state index in [0.29, 0.717) is 22.8 Å². The van der Waals surface area contributed by atoms with E-state index in [1.807, 2.05) is 20.8 Å². The Morgan fingerprint density at radius 2 is 1.54 bits per heavy atom. The number of hydrogen-bond donors (Lipinski definition) is 2. The molecule has 0 spiro atoms. The molecule has 2 amide bonds. The number of pyridine rings is 1. The number of benzene rings is 1. The summed E-state index contributed by atoms with van der Waals surface area (Å²) in [6, 6.07) is 11.5. The van der Waals surface area contributed by atoms with Crippen LogP contribution in [-0.2, 0) is 5.41 Å². The second-order valence-corrected chi connectivity index (χ2v) is 7.04. The molecule has 0 bridgehead atoms. The number of ether oxygens (including phenoxy) is 1. The maximum atomic E-state index is 12.2. The van der Waals surface area contributed by atoms with Gasteiger partial charge in [0.2, 0.25) is 0 Å². The van der Waals surface area contributed by atoms with Crippen molar-refractivity contribution in [1.29, 1.82) is 0 Å². The van der Waals surface area contributed by atoms with Crippen molar-refractivity contribution in [1.82, 2.24) is 21.0 Å². The highest BCUT2D eigenvalue weighted by molar-refractivity contribution is 5.98. The molecule has 28 heavy (non-hydrogen) atoms. The fourth-order valence-corrected chi connectivity index (χ4v) is 2.20. The van der Waals surface area contributed by atoms with E-state index in [-0.39, 0.29) is 11.1 Å². The van der Waals surface area contributed by atoms with Gasteiger partial charge in [-0.05, 0) is 36.4 Å². The third-order valence-corrected chi connectivity index (χ3v) is 3.77. The van der Waals surface area contributed by atoms with Gasteiger partial charge in [0, 0.05) is 29.4 Å². The molecule has 0 radical (unpaired) electrons. The van der Waals surface area contributed by atoms with Crippen molar-refractivity contribution in [3.63, 3.8) is 0 Å². The molecule has 2 N–H and O–H groups in total. The van der Waals surface area contributed by atoms with Gasteiger partial charge in [0.05, 0.1) is 0 Å². The first-order chi connectivity index (χ1) is 13.3. The van der Waals surface area contributed by atoms with Crippen LogP contribution < -0.4 is 15.6 Å². The monoisotopic (exact) mass is 380 g/mol. The highest BCUT2D eigenvalue weighted by Gasteiger charge is 2.22. The molecule has 2 heterocycles. The van der Waals surface area contributed by atoms with E-state index in [1.54, 1.807) is 54.9 Å². The Kier molecular flexibility index (Phi) is 5.39. The average molecular weight is 380 g/mol. The van der Waals surface area contributed by atoms with Gasteiger partial charge in [-0.3, -0.25) is 25.4 Å². The molecule has 0 aliphatic carbocycles. The number of nitrogens with zero attached hydrogens (tertiary/aromatic N) is 2. The average Bonchev–Trinajstić information content (AvgIpc) is 3.18. The molecule has 8 nitrogen and oxygen atoms in total. The summed E-state index contributed by atoms with van der Waals surface area (Å²) in [5.41, 5.74) is 4.84. The fraction of sp³-hybridized carbons (Fsp3) is 0.200. The minimum absolute atomic E-state index is 0.0892. The Balaban J connectivity index is 1.56.